The van der Waals surface area contributed by atoms with Gasteiger partial charge in [0.15, 0.2) is 6.29 Å². The van der Waals surface area contributed by atoms with Crippen LogP contribution in [0.1, 0.15) is 24.2 Å². The summed E-state index contributed by atoms with van der Waals surface area (Å²) < 4.78 is 13.7. The highest BCUT2D eigenvalue weighted by Gasteiger charge is 2.19. The molecule has 0 aliphatic rings. The molecule has 0 aliphatic heterocycles. The first kappa shape index (κ1) is 15.2. The Hall–Kier alpha value is -2.19. The number of nitrogens with zero attached hydrogens (tertiary/aromatic N) is 4. The lowest BCUT2D eigenvalue weighted by atomic mass is 10.3. The predicted octanol–water partition coefficient (Wildman–Crippen LogP) is 0.749. The summed E-state index contributed by atoms with van der Waals surface area (Å²) in [4.78, 5) is 16.0. The van der Waals surface area contributed by atoms with Gasteiger partial charge in [-0.25, -0.2) is 9.67 Å². The summed E-state index contributed by atoms with van der Waals surface area (Å²) in [6, 6.07) is 0. The van der Waals surface area contributed by atoms with Crippen LogP contribution in [0, 0.1) is 0 Å². The molecule has 2 heterocycles. The summed E-state index contributed by atoms with van der Waals surface area (Å²) in [6.07, 6.45) is 5.49. The van der Waals surface area contributed by atoms with E-state index in [9.17, 15) is 4.79 Å². The van der Waals surface area contributed by atoms with Gasteiger partial charge in [-0.2, -0.15) is 5.10 Å². The highest BCUT2D eigenvalue weighted by Crippen LogP contribution is 2.14. The Morgan fingerprint density at radius 1 is 1.38 bits per heavy atom. The predicted molar refractivity (Wildman–Crippen MR) is 75.6 cm³/mol. The monoisotopic (exact) mass is 293 g/mol. The number of carbonyl (C=O) groups excluding carboxylic acids is 1. The average molecular weight is 293 g/mol. The zero-order chi connectivity index (χ0) is 15.2. The second-order valence-corrected chi connectivity index (χ2v) is 4.24. The van der Waals surface area contributed by atoms with Crippen molar-refractivity contribution in [2.24, 2.45) is 0 Å². The van der Waals surface area contributed by atoms with Crippen molar-refractivity contribution in [2.45, 2.75) is 26.7 Å². The van der Waals surface area contributed by atoms with E-state index < -0.39 is 6.29 Å². The van der Waals surface area contributed by atoms with Crippen LogP contribution in [-0.2, 0) is 16.0 Å². The quantitative estimate of drug-likeness (QED) is 0.757. The Kier molecular flexibility index (Phi) is 5.07. The van der Waals surface area contributed by atoms with Crippen molar-refractivity contribution >= 4 is 11.7 Å². The van der Waals surface area contributed by atoms with Gasteiger partial charge in [0, 0.05) is 25.6 Å². The third-order valence-electron chi connectivity index (χ3n) is 2.88. The third-order valence-corrected chi connectivity index (χ3v) is 2.88. The number of carbonyl (C=O) groups is 1. The Morgan fingerprint density at radius 2 is 2.10 bits per heavy atom. The first-order chi connectivity index (χ1) is 10.2. The first-order valence-electron chi connectivity index (χ1n) is 6.74. The van der Waals surface area contributed by atoms with Gasteiger partial charge in [0.05, 0.1) is 12.7 Å². The molecule has 0 radical (unpaired) electrons. The molecule has 0 bridgehead atoms. The maximum atomic E-state index is 12.2. The molecule has 0 spiro atoms. The van der Waals surface area contributed by atoms with Gasteiger partial charge in [-0.05, 0) is 13.8 Å². The van der Waals surface area contributed by atoms with E-state index in [1.54, 1.807) is 6.20 Å². The van der Waals surface area contributed by atoms with E-state index in [2.05, 4.69) is 10.1 Å². The van der Waals surface area contributed by atoms with Gasteiger partial charge in [0.1, 0.15) is 17.7 Å². The van der Waals surface area contributed by atoms with E-state index in [0.717, 1.165) is 0 Å². The minimum atomic E-state index is -0.446. The lowest BCUT2D eigenvalue weighted by Crippen LogP contribution is -2.25. The molecule has 2 aromatic rings. The normalized spacial score (nSPS) is 11.2. The number of anilines is 1. The van der Waals surface area contributed by atoms with Gasteiger partial charge in [-0.1, -0.05) is 0 Å². The van der Waals surface area contributed by atoms with Gasteiger partial charge >= 0.3 is 0 Å². The van der Waals surface area contributed by atoms with Crippen LogP contribution in [0.3, 0.4) is 0 Å². The molecule has 2 aromatic heterocycles. The van der Waals surface area contributed by atoms with Crippen LogP contribution in [0.4, 0.5) is 5.82 Å². The second-order valence-electron chi connectivity index (χ2n) is 4.24. The standard InChI is InChI=1S/C13H19N5O3/c1-3-20-11(21-4-2)8-18-12(14)10(7-16-18)13(19)17-6-5-15-9-17/h5-7,9,11H,3-4,8,14H2,1-2H3. The van der Waals surface area contributed by atoms with E-state index in [1.807, 2.05) is 13.8 Å². The maximum absolute atomic E-state index is 12.2. The largest absolute Gasteiger partial charge is 0.383 e. The van der Waals surface area contributed by atoms with Crippen molar-refractivity contribution in [3.63, 3.8) is 0 Å². The minimum Gasteiger partial charge on any atom is -0.383 e. The van der Waals surface area contributed by atoms with Crippen LogP contribution in [0.25, 0.3) is 0 Å². The van der Waals surface area contributed by atoms with Crippen LogP contribution in [-0.4, -0.2) is 44.7 Å². The second kappa shape index (κ2) is 7.00. The molecule has 8 nitrogen and oxygen atoms in total. The molecule has 21 heavy (non-hydrogen) atoms. The molecular formula is C13H19N5O3. The van der Waals surface area contributed by atoms with Crippen LogP contribution in [0.2, 0.25) is 0 Å². The molecule has 0 fully saturated rings. The fraction of sp³-hybridized carbons (Fsp3) is 0.462. The maximum Gasteiger partial charge on any atom is 0.268 e. The van der Waals surface area contributed by atoms with Crippen molar-refractivity contribution in [1.29, 1.82) is 0 Å². The van der Waals surface area contributed by atoms with E-state index in [1.165, 1.54) is 28.0 Å². The van der Waals surface area contributed by atoms with E-state index in [-0.39, 0.29) is 11.7 Å². The lowest BCUT2D eigenvalue weighted by molar-refractivity contribution is -0.144. The number of rotatable bonds is 7. The highest BCUT2D eigenvalue weighted by molar-refractivity contribution is 5.99. The molecule has 2 N–H and O–H groups in total. The van der Waals surface area contributed by atoms with Gasteiger partial charge in [0.25, 0.3) is 5.91 Å². The number of nitrogens with two attached hydrogens (primary N) is 1. The van der Waals surface area contributed by atoms with Crippen molar-refractivity contribution in [3.8, 4) is 0 Å². The molecule has 0 saturated heterocycles. The van der Waals surface area contributed by atoms with Crippen molar-refractivity contribution in [1.82, 2.24) is 19.3 Å². The molecule has 0 amide bonds. The molecule has 0 unspecified atom stereocenters. The highest BCUT2D eigenvalue weighted by atomic mass is 16.7. The summed E-state index contributed by atoms with van der Waals surface area (Å²) >= 11 is 0. The molecule has 2 rings (SSSR count). The Morgan fingerprint density at radius 3 is 2.67 bits per heavy atom. The minimum absolute atomic E-state index is 0.276. The molecular weight excluding hydrogens is 274 g/mol. The fourth-order valence-electron chi connectivity index (χ4n) is 1.89. The molecule has 8 heteroatoms. The summed E-state index contributed by atoms with van der Waals surface area (Å²) in [5.74, 6) is -0.00118. The molecule has 0 saturated carbocycles. The Bertz CT molecular complexity index is 573. The summed E-state index contributed by atoms with van der Waals surface area (Å²) in [6.45, 7) is 5.13. The van der Waals surface area contributed by atoms with Gasteiger partial charge < -0.3 is 15.2 Å². The zero-order valence-corrected chi connectivity index (χ0v) is 12.1. The van der Waals surface area contributed by atoms with Crippen LogP contribution in [0.5, 0.6) is 0 Å². The van der Waals surface area contributed by atoms with Crippen molar-refractivity contribution in [2.75, 3.05) is 18.9 Å². The smallest absolute Gasteiger partial charge is 0.268 e. The summed E-state index contributed by atoms with van der Waals surface area (Å²) in [7, 11) is 0. The van der Waals surface area contributed by atoms with E-state index in [0.29, 0.717) is 25.3 Å². The zero-order valence-electron chi connectivity index (χ0n) is 12.1. The molecule has 0 atom stereocenters. The third kappa shape index (κ3) is 3.47. The lowest BCUT2D eigenvalue weighted by Gasteiger charge is -2.17. The van der Waals surface area contributed by atoms with Gasteiger partial charge in [-0.15, -0.1) is 0 Å². The molecule has 114 valence electrons. The van der Waals surface area contributed by atoms with Crippen LogP contribution in [0.15, 0.2) is 24.9 Å². The fourth-order valence-corrected chi connectivity index (χ4v) is 1.89. The van der Waals surface area contributed by atoms with E-state index in [4.69, 9.17) is 15.2 Å². The van der Waals surface area contributed by atoms with Crippen LogP contribution >= 0.6 is 0 Å². The number of hydrogen-bond acceptors (Lipinski definition) is 6. The number of nitrogen functional groups attached to an aromatic ring is 1. The SMILES string of the molecule is CCOC(Cn1ncc(C(=O)n2ccnc2)c1N)OCC. The number of hydrogen-bond donors (Lipinski definition) is 1. The number of imidazole rings is 1. The first-order valence-corrected chi connectivity index (χ1v) is 6.74. The Balaban J connectivity index is 2.14. The summed E-state index contributed by atoms with van der Waals surface area (Å²) in [5.41, 5.74) is 6.30. The van der Waals surface area contributed by atoms with Crippen molar-refractivity contribution in [3.05, 3.63) is 30.5 Å². The van der Waals surface area contributed by atoms with Gasteiger partial charge in [-0.3, -0.25) is 9.36 Å². The van der Waals surface area contributed by atoms with Crippen LogP contribution < -0.4 is 5.73 Å². The molecule has 0 aliphatic carbocycles. The van der Waals surface area contributed by atoms with Crippen molar-refractivity contribution < 1.29 is 14.3 Å². The average Bonchev–Trinajstić information content (AvgIpc) is 3.10. The topological polar surface area (TPSA) is 97.2 Å². The number of ether oxygens (including phenoxy) is 2. The number of aromatic nitrogens is 4. The molecule has 0 aromatic carbocycles. The summed E-state index contributed by atoms with van der Waals surface area (Å²) in [5, 5.41) is 4.13. The van der Waals surface area contributed by atoms with Gasteiger partial charge in [0.2, 0.25) is 0 Å². The van der Waals surface area contributed by atoms with E-state index >= 15 is 0 Å². The Labute approximate surface area is 122 Å².